The molecule has 4 bridgehead atoms. The van der Waals surface area contributed by atoms with E-state index in [1.807, 2.05) is 0 Å². The van der Waals surface area contributed by atoms with Gasteiger partial charge >= 0.3 is 18.5 Å². The van der Waals surface area contributed by atoms with E-state index in [4.69, 9.17) is 0 Å². The molecule has 4 aliphatic rings. The third-order valence-corrected chi connectivity index (χ3v) is 15.8. The van der Waals surface area contributed by atoms with Gasteiger partial charge in [0.25, 0.3) is 5.41 Å². The van der Waals surface area contributed by atoms with Crippen LogP contribution >= 0.6 is 0 Å². The summed E-state index contributed by atoms with van der Waals surface area (Å²) in [4.78, 5) is 0. The SMILES string of the molecule is CS(=O)(=O)[C-](S(=O)(=O)CC(C(F)(F)F)(C(F)(F)F)C(F)(F)F)S(=O)(=O)C12CC3CC(CC(F)(C3)C1)C2. The summed E-state index contributed by atoms with van der Waals surface area (Å²) in [6.45, 7) is 0. The molecule has 0 radical (unpaired) electrons. The van der Waals surface area contributed by atoms with Crippen LogP contribution in [0.25, 0.3) is 0 Å². The molecule has 0 aromatic rings. The maximum absolute atomic E-state index is 15.2. The average Bonchev–Trinajstić information content (AvgIpc) is 2.51. The van der Waals surface area contributed by atoms with Gasteiger partial charge in [-0.1, -0.05) is 0 Å². The van der Waals surface area contributed by atoms with Gasteiger partial charge in [0, 0.05) is 14.9 Å². The van der Waals surface area contributed by atoms with Crippen LogP contribution in [-0.2, 0) is 29.5 Å². The van der Waals surface area contributed by atoms with Crippen molar-refractivity contribution >= 4 is 29.5 Å². The standard InChI is InChI=1S/C17H19F10O6S3/c1-34(28,29)11(35(30,31)8-14(15(19,20)21,16(22,23)24)17(25,26)27)36(32,33)13-5-9-2-10(6-13)4-12(18,3-9)7-13/h9-10H,2-8H2,1H3/q-1. The van der Waals surface area contributed by atoms with Crippen LogP contribution in [-0.4, -0.2) is 66.2 Å². The first-order chi connectivity index (χ1) is 15.6. The fraction of sp³-hybridized carbons (Fsp3) is 0.941. The molecule has 6 nitrogen and oxygen atoms in total. The summed E-state index contributed by atoms with van der Waals surface area (Å²) >= 11 is 0. The first-order valence-electron chi connectivity index (χ1n) is 10.1. The Bertz CT molecular complexity index is 1180. The summed E-state index contributed by atoms with van der Waals surface area (Å²) < 4.78 is 207. The van der Waals surface area contributed by atoms with Gasteiger partial charge in [0.15, 0.2) is 0 Å². The Morgan fingerprint density at radius 2 is 1.14 bits per heavy atom. The highest BCUT2D eigenvalue weighted by atomic mass is 32.3. The molecule has 0 aromatic carbocycles. The highest BCUT2D eigenvalue weighted by Crippen LogP contribution is 2.64. The average molecular weight is 606 g/mol. The number of hydrogen-bond donors (Lipinski definition) is 0. The molecule has 4 aliphatic carbocycles. The molecule has 4 saturated carbocycles. The van der Waals surface area contributed by atoms with E-state index in [2.05, 4.69) is 0 Å². The van der Waals surface area contributed by atoms with E-state index in [9.17, 15) is 64.8 Å². The smallest absolute Gasteiger partial charge is 0.260 e. The summed E-state index contributed by atoms with van der Waals surface area (Å²) in [7, 11) is -18.8. The van der Waals surface area contributed by atoms with Crippen molar-refractivity contribution in [2.75, 3.05) is 12.0 Å². The topological polar surface area (TPSA) is 102 Å². The van der Waals surface area contributed by atoms with E-state index >= 15 is 4.39 Å². The van der Waals surface area contributed by atoms with Crippen molar-refractivity contribution in [2.45, 2.75) is 67.5 Å². The Hall–Kier alpha value is -0.850. The van der Waals surface area contributed by atoms with Gasteiger partial charge in [0.1, 0.15) is 5.67 Å². The van der Waals surface area contributed by atoms with Crippen LogP contribution < -0.4 is 0 Å². The van der Waals surface area contributed by atoms with E-state index in [0.717, 1.165) is 0 Å². The number of hydrogen-bond acceptors (Lipinski definition) is 6. The Morgan fingerprint density at radius 1 is 0.750 bits per heavy atom. The minimum Gasteiger partial charge on any atom is -0.260 e. The van der Waals surface area contributed by atoms with Crippen molar-refractivity contribution in [3.8, 4) is 0 Å². The second kappa shape index (κ2) is 7.85. The maximum atomic E-state index is 15.2. The van der Waals surface area contributed by atoms with E-state index in [-0.39, 0.29) is 25.5 Å². The van der Waals surface area contributed by atoms with Gasteiger partial charge in [0.2, 0.25) is 0 Å². The van der Waals surface area contributed by atoms with Gasteiger partial charge in [0.05, 0.1) is 35.3 Å². The van der Waals surface area contributed by atoms with Crippen LogP contribution in [0.1, 0.15) is 38.5 Å². The molecule has 2 unspecified atom stereocenters. The molecule has 212 valence electrons. The Kier molecular flexibility index (Phi) is 6.48. The van der Waals surface area contributed by atoms with Crippen LogP contribution in [0.3, 0.4) is 0 Å². The lowest BCUT2D eigenvalue weighted by Crippen LogP contribution is -2.65. The molecule has 0 spiro atoms. The molecule has 36 heavy (non-hydrogen) atoms. The van der Waals surface area contributed by atoms with E-state index in [1.165, 1.54) is 0 Å². The molecule has 19 heteroatoms. The molecular formula is C17H19F10O6S3-. The first-order valence-corrected chi connectivity index (χ1v) is 15.1. The zero-order chi connectivity index (χ0) is 28.2. The van der Waals surface area contributed by atoms with Crippen LogP contribution in [0, 0.1) is 21.2 Å². The van der Waals surface area contributed by atoms with Crippen LogP contribution in [0.15, 0.2) is 0 Å². The Balaban J connectivity index is 2.24. The fourth-order valence-electron chi connectivity index (χ4n) is 6.23. The predicted octanol–water partition coefficient (Wildman–Crippen LogP) is 4.04. The van der Waals surface area contributed by atoms with Gasteiger partial charge in [-0.3, -0.25) is 25.3 Å². The molecule has 0 aliphatic heterocycles. The van der Waals surface area contributed by atoms with Crippen LogP contribution in [0.5, 0.6) is 0 Å². The van der Waals surface area contributed by atoms with Crippen molar-refractivity contribution in [3.05, 3.63) is 3.91 Å². The second-order valence-corrected chi connectivity index (χ2v) is 16.9. The lowest BCUT2D eigenvalue weighted by Gasteiger charge is -2.60. The minimum absolute atomic E-state index is 0.180. The molecule has 4 rings (SSSR count). The van der Waals surface area contributed by atoms with Crippen molar-refractivity contribution in [1.29, 1.82) is 0 Å². The van der Waals surface area contributed by atoms with Crippen molar-refractivity contribution in [2.24, 2.45) is 17.3 Å². The highest BCUT2D eigenvalue weighted by Gasteiger charge is 2.84. The molecule has 4 fully saturated rings. The number of halogens is 10. The third-order valence-electron chi connectivity index (χ3n) is 7.14. The van der Waals surface area contributed by atoms with E-state index in [1.54, 1.807) is 0 Å². The molecule has 0 heterocycles. The highest BCUT2D eigenvalue weighted by molar-refractivity contribution is 8.29. The summed E-state index contributed by atoms with van der Waals surface area (Å²) in [5.74, 6) is -5.44. The van der Waals surface area contributed by atoms with Crippen LogP contribution in [0.4, 0.5) is 43.9 Å². The normalized spacial score (nSPS) is 32.3. The summed E-state index contributed by atoms with van der Waals surface area (Å²) in [5.41, 5.74) is -9.24. The Morgan fingerprint density at radius 3 is 1.44 bits per heavy atom. The van der Waals surface area contributed by atoms with Gasteiger partial charge in [-0.15, -0.1) is 0 Å². The number of alkyl halides is 10. The zero-order valence-corrected chi connectivity index (χ0v) is 20.5. The van der Waals surface area contributed by atoms with Crippen LogP contribution in [0.2, 0.25) is 0 Å². The fourth-order valence-corrected chi connectivity index (χ4v) is 15.3. The number of sulfone groups is 3. The minimum atomic E-state index is -7.38. The summed E-state index contributed by atoms with van der Waals surface area (Å²) in [6, 6.07) is 0. The molecular weight excluding hydrogens is 586 g/mol. The molecule has 0 amide bonds. The van der Waals surface area contributed by atoms with Gasteiger partial charge in [-0.25, -0.2) is 4.39 Å². The third kappa shape index (κ3) is 4.31. The largest absolute Gasteiger partial charge is 0.413 e. The number of rotatable bonds is 6. The molecule has 0 N–H and O–H groups in total. The van der Waals surface area contributed by atoms with E-state index in [0.29, 0.717) is 0 Å². The van der Waals surface area contributed by atoms with E-state index < -0.39 is 105 Å². The molecule has 0 aromatic heterocycles. The van der Waals surface area contributed by atoms with Crippen molar-refractivity contribution in [3.63, 3.8) is 0 Å². The monoisotopic (exact) mass is 605 g/mol. The summed E-state index contributed by atoms with van der Waals surface area (Å²) in [5, 5.41) is 0. The van der Waals surface area contributed by atoms with Gasteiger partial charge in [-0.05, 0) is 50.4 Å². The quantitative estimate of drug-likeness (QED) is 0.335. The zero-order valence-electron chi connectivity index (χ0n) is 18.1. The van der Waals surface area contributed by atoms with Crippen molar-refractivity contribution in [1.82, 2.24) is 0 Å². The van der Waals surface area contributed by atoms with Crippen molar-refractivity contribution < 1.29 is 69.2 Å². The molecule has 0 saturated heterocycles. The van der Waals surface area contributed by atoms with Gasteiger partial charge < -0.3 is 0 Å². The first kappa shape index (κ1) is 29.7. The summed E-state index contributed by atoms with van der Waals surface area (Å²) in [6.07, 6.45) is -24.5. The predicted molar refractivity (Wildman–Crippen MR) is 103 cm³/mol. The Labute approximate surface area is 199 Å². The lowest BCUT2D eigenvalue weighted by molar-refractivity contribution is -0.418. The maximum Gasteiger partial charge on any atom is 0.413 e. The lowest BCUT2D eigenvalue weighted by atomic mass is 9.54. The molecule has 2 atom stereocenters. The van der Waals surface area contributed by atoms with Gasteiger partial charge in [-0.2, -0.15) is 39.5 Å². The second-order valence-electron chi connectivity index (χ2n) is 9.98.